The lowest BCUT2D eigenvalue weighted by Gasteiger charge is -2.35. The number of likely N-dealkylation sites (tertiary alicyclic amines) is 1. The maximum absolute atomic E-state index is 12.3. The maximum atomic E-state index is 12.3. The summed E-state index contributed by atoms with van der Waals surface area (Å²) in [5.41, 5.74) is 1.13. The molecule has 98 valence electrons. The van der Waals surface area contributed by atoms with Crippen molar-refractivity contribution in [2.45, 2.75) is 25.4 Å². The van der Waals surface area contributed by atoms with Gasteiger partial charge in [0.1, 0.15) is 0 Å². The van der Waals surface area contributed by atoms with Gasteiger partial charge in [-0.25, -0.2) is 0 Å². The zero-order chi connectivity index (χ0) is 13.1. The van der Waals surface area contributed by atoms with Crippen molar-refractivity contribution in [2.24, 2.45) is 0 Å². The van der Waals surface area contributed by atoms with E-state index >= 15 is 0 Å². The predicted octanol–water partition coefficient (Wildman–Crippen LogP) is 2.39. The number of amides is 1. The highest BCUT2D eigenvalue weighted by Gasteiger charge is 2.29. The van der Waals surface area contributed by atoms with Crippen molar-refractivity contribution in [1.82, 2.24) is 9.80 Å². The van der Waals surface area contributed by atoms with Crippen LogP contribution in [-0.2, 0) is 11.3 Å². The summed E-state index contributed by atoms with van der Waals surface area (Å²) in [6.45, 7) is 1.53. The summed E-state index contributed by atoms with van der Waals surface area (Å²) in [5.74, 6) is 0.237. The van der Waals surface area contributed by atoms with Crippen LogP contribution in [-0.4, -0.2) is 42.4 Å². The summed E-state index contributed by atoms with van der Waals surface area (Å²) in [4.78, 5) is 16.2. The fourth-order valence-electron chi connectivity index (χ4n) is 2.37. The minimum absolute atomic E-state index is 0.0334. The molecule has 0 N–H and O–H groups in total. The van der Waals surface area contributed by atoms with Crippen LogP contribution >= 0.6 is 11.6 Å². The molecule has 1 saturated heterocycles. The molecule has 1 aliphatic heterocycles. The lowest BCUT2D eigenvalue weighted by atomic mass is 10.0. The molecular weight excluding hydrogens is 248 g/mol. The van der Waals surface area contributed by atoms with Crippen molar-refractivity contribution >= 4 is 17.5 Å². The van der Waals surface area contributed by atoms with Gasteiger partial charge in [0.05, 0.1) is 6.04 Å². The molecule has 1 aromatic carbocycles. The number of hydrogen-bond acceptors (Lipinski definition) is 2. The van der Waals surface area contributed by atoms with Crippen LogP contribution in [0.4, 0.5) is 0 Å². The maximum Gasteiger partial charge on any atom is 0.240 e. The van der Waals surface area contributed by atoms with E-state index in [-0.39, 0.29) is 11.9 Å². The Kier molecular flexibility index (Phi) is 4.25. The summed E-state index contributed by atoms with van der Waals surface area (Å²) in [6.07, 6.45) is 2.03. The first-order chi connectivity index (χ1) is 8.58. The molecular formula is C14H19ClN2O. The zero-order valence-corrected chi connectivity index (χ0v) is 11.7. The summed E-state index contributed by atoms with van der Waals surface area (Å²) in [7, 11) is 3.93. The third-order valence-electron chi connectivity index (χ3n) is 3.41. The average molecular weight is 267 g/mol. The predicted molar refractivity (Wildman–Crippen MR) is 73.6 cm³/mol. The number of likely N-dealkylation sites (N-methyl/N-ethyl adjacent to an activating group) is 1. The van der Waals surface area contributed by atoms with Crippen LogP contribution in [0.1, 0.15) is 18.4 Å². The van der Waals surface area contributed by atoms with E-state index in [1.807, 2.05) is 48.2 Å². The van der Waals surface area contributed by atoms with Crippen LogP contribution in [0.25, 0.3) is 0 Å². The minimum Gasteiger partial charge on any atom is -0.337 e. The summed E-state index contributed by atoms with van der Waals surface area (Å²) in [6, 6.07) is 7.74. The van der Waals surface area contributed by atoms with Gasteiger partial charge in [0, 0.05) is 18.1 Å². The Morgan fingerprint density at radius 3 is 2.61 bits per heavy atom. The fraction of sp³-hybridized carbons (Fsp3) is 0.500. The van der Waals surface area contributed by atoms with Crippen molar-refractivity contribution in [1.29, 1.82) is 0 Å². The third-order valence-corrected chi connectivity index (χ3v) is 3.66. The lowest BCUT2D eigenvalue weighted by molar-refractivity contribution is -0.139. The Bertz CT molecular complexity index is 416. The van der Waals surface area contributed by atoms with E-state index in [9.17, 15) is 4.79 Å². The van der Waals surface area contributed by atoms with Crippen LogP contribution in [0.5, 0.6) is 0 Å². The molecule has 1 aromatic rings. The number of nitrogens with zero attached hydrogens (tertiary/aromatic N) is 2. The molecule has 1 heterocycles. The van der Waals surface area contributed by atoms with Gasteiger partial charge in [0.2, 0.25) is 5.91 Å². The van der Waals surface area contributed by atoms with Crippen LogP contribution < -0.4 is 0 Å². The largest absolute Gasteiger partial charge is 0.337 e. The van der Waals surface area contributed by atoms with E-state index in [1.165, 1.54) is 0 Å². The second-order valence-electron chi connectivity index (χ2n) is 5.01. The number of hydrogen-bond donors (Lipinski definition) is 0. The summed E-state index contributed by atoms with van der Waals surface area (Å²) in [5, 5.41) is 0.731. The van der Waals surface area contributed by atoms with Crippen molar-refractivity contribution < 1.29 is 4.79 Å². The molecule has 1 amide bonds. The monoisotopic (exact) mass is 266 g/mol. The summed E-state index contributed by atoms with van der Waals surface area (Å²) < 4.78 is 0. The van der Waals surface area contributed by atoms with Gasteiger partial charge in [0.25, 0.3) is 0 Å². The van der Waals surface area contributed by atoms with Gasteiger partial charge in [-0.1, -0.05) is 23.7 Å². The Labute approximate surface area is 113 Å². The Balaban J connectivity index is 2.04. The second-order valence-corrected chi connectivity index (χ2v) is 5.44. The Morgan fingerprint density at radius 2 is 2.00 bits per heavy atom. The van der Waals surface area contributed by atoms with E-state index in [0.717, 1.165) is 30.0 Å². The molecule has 0 unspecified atom stereocenters. The van der Waals surface area contributed by atoms with Gasteiger partial charge < -0.3 is 4.90 Å². The number of carbonyl (C=O) groups excluding carboxylic acids is 1. The van der Waals surface area contributed by atoms with Gasteiger partial charge >= 0.3 is 0 Å². The third kappa shape index (κ3) is 3.03. The molecule has 0 aliphatic carbocycles. The molecule has 0 saturated carbocycles. The molecule has 0 aromatic heterocycles. The standard InChI is InChI=1S/C14H19ClN2O/c1-16(2)13-4-3-9-17(14(13)18)10-11-5-7-12(15)8-6-11/h5-8,13H,3-4,9-10H2,1-2H3/t13-/m0/s1. The minimum atomic E-state index is 0.0334. The number of carbonyl (C=O) groups is 1. The van der Waals surface area contributed by atoms with Crippen LogP contribution in [0.2, 0.25) is 5.02 Å². The first-order valence-corrected chi connectivity index (χ1v) is 6.65. The molecule has 0 spiro atoms. The molecule has 3 nitrogen and oxygen atoms in total. The molecule has 0 radical (unpaired) electrons. The number of benzene rings is 1. The molecule has 1 atom stereocenters. The van der Waals surface area contributed by atoms with Gasteiger partial charge in [0.15, 0.2) is 0 Å². The smallest absolute Gasteiger partial charge is 0.240 e. The highest BCUT2D eigenvalue weighted by molar-refractivity contribution is 6.30. The molecule has 4 heteroatoms. The van der Waals surface area contributed by atoms with Gasteiger partial charge in [-0.15, -0.1) is 0 Å². The highest BCUT2D eigenvalue weighted by atomic mass is 35.5. The van der Waals surface area contributed by atoms with Gasteiger partial charge in [-0.2, -0.15) is 0 Å². The number of rotatable bonds is 3. The quantitative estimate of drug-likeness (QED) is 0.839. The highest BCUT2D eigenvalue weighted by Crippen LogP contribution is 2.18. The number of piperidine rings is 1. The van der Waals surface area contributed by atoms with E-state index in [1.54, 1.807) is 0 Å². The molecule has 0 bridgehead atoms. The fourth-order valence-corrected chi connectivity index (χ4v) is 2.49. The van der Waals surface area contributed by atoms with Crippen molar-refractivity contribution in [3.63, 3.8) is 0 Å². The van der Waals surface area contributed by atoms with Crippen molar-refractivity contribution in [3.8, 4) is 0 Å². The normalized spacial score (nSPS) is 20.6. The zero-order valence-electron chi connectivity index (χ0n) is 10.9. The molecule has 1 fully saturated rings. The van der Waals surface area contributed by atoms with Crippen LogP contribution in [0.15, 0.2) is 24.3 Å². The number of halogens is 1. The Hall–Kier alpha value is -1.06. The van der Waals surface area contributed by atoms with E-state index in [2.05, 4.69) is 0 Å². The van der Waals surface area contributed by atoms with Crippen LogP contribution in [0, 0.1) is 0 Å². The van der Waals surface area contributed by atoms with Crippen LogP contribution in [0.3, 0.4) is 0 Å². The lowest BCUT2D eigenvalue weighted by Crippen LogP contribution is -2.49. The first kappa shape index (κ1) is 13.4. The van der Waals surface area contributed by atoms with E-state index < -0.39 is 0 Å². The summed E-state index contributed by atoms with van der Waals surface area (Å²) >= 11 is 5.86. The van der Waals surface area contributed by atoms with Gasteiger partial charge in [-0.05, 0) is 44.6 Å². The van der Waals surface area contributed by atoms with Crippen molar-refractivity contribution in [3.05, 3.63) is 34.9 Å². The average Bonchev–Trinajstić information content (AvgIpc) is 2.34. The van der Waals surface area contributed by atoms with Gasteiger partial charge in [-0.3, -0.25) is 9.69 Å². The van der Waals surface area contributed by atoms with E-state index in [0.29, 0.717) is 6.54 Å². The van der Waals surface area contributed by atoms with Crippen molar-refractivity contribution in [2.75, 3.05) is 20.6 Å². The topological polar surface area (TPSA) is 23.6 Å². The molecule has 1 aliphatic rings. The first-order valence-electron chi connectivity index (χ1n) is 6.27. The SMILES string of the molecule is CN(C)[C@H]1CCCN(Cc2ccc(Cl)cc2)C1=O. The molecule has 18 heavy (non-hydrogen) atoms. The van der Waals surface area contributed by atoms with E-state index in [4.69, 9.17) is 11.6 Å². The second kappa shape index (κ2) is 5.72. The Morgan fingerprint density at radius 1 is 1.33 bits per heavy atom. The molecule has 2 rings (SSSR count).